The molecule has 1 saturated heterocycles. The highest BCUT2D eigenvalue weighted by Crippen LogP contribution is 2.31. The van der Waals surface area contributed by atoms with Gasteiger partial charge in [-0.1, -0.05) is 37.4 Å². The zero-order valence-corrected chi connectivity index (χ0v) is 14.3. The van der Waals surface area contributed by atoms with Crippen LogP contribution in [0.25, 0.3) is 0 Å². The number of nitrogens with zero attached hydrogens (tertiary/aromatic N) is 3. The van der Waals surface area contributed by atoms with E-state index in [1.165, 1.54) is 38.5 Å². The Morgan fingerprint density at radius 2 is 2.00 bits per heavy atom. The fourth-order valence-corrected chi connectivity index (χ4v) is 4.44. The molecule has 0 radical (unpaired) electrons. The van der Waals surface area contributed by atoms with E-state index in [4.69, 9.17) is 4.99 Å². The standard InChI is InChI=1S/C17H23N3O2S/c1-13-12-15(20(21)22)8-9-16(13)18-17-19(10-11-23-17)14-6-4-2-3-5-7-14/h8-9,12,14H,2-7,10-11H2,1H3/b18-17-. The molecule has 0 atom stereocenters. The maximum atomic E-state index is 10.9. The molecule has 1 aromatic carbocycles. The number of rotatable bonds is 3. The van der Waals surface area contributed by atoms with Crippen molar-refractivity contribution in [3.8, 4) is 0 Å². The average molecular weight is 333 g/mol. The zero-order chi connectivity index (χ0) is 16.2. The van der Waals surface area contributed by atoms with Crippen LogP contribution in [-0.4, -0.2) is 33.3 Å². The number of benzene rings is 1. The van der Waals surface area contributed by atoms with Crippen molar-refractivity contribution in [3.63, 3.8) is 0 Å². The molecule has 5 nitrogen and oxygen atoms in total. The van der Waals surface area contributed by atoms with Crippen LogP contribution in [0.5, 0.6) is 0 Å². The SMILES string of the molecule is Cc1cc([N+](=O)[O-])ccc1/N=C1\SCCN1C1CCCCCC1. The minimum Gasteiger partial charge on any atom is -0.347 e. The van der Waals surface area contributed by atoms with Crippen LogP contribution in [0.15, 0.2) is 23.2 Å². The molecule has 1 aliphatic heterocycles. The number of nitro benzene ring substituents is 1. The van der Waals surface area contributed by atoms with Crippen LogP contribution in [0.3, 0.4) is 0 Å². The first-order valence-corrected chi connectivity index (χ1v) is 9.37. The lowest BCUT2D eigenvalue weighted by atomic mass is 10.1. The molecule has 0 aromatic heterocycles. The van der Waals surface area contributed by atoms with E-state index < -0.39 is 0 Å². The molecular weight excluding hydrogens is 310 g/mol. The summed E-state index contributed by atoms with van der Waals surface area (Å²) in [5.74, 6) is 1.08. The van der Waals surface area contributed by atoms with Gasteiger partial charge in [0.2, 0.25) is 0 Å². The van der Waals surface area contributed by atoms with Crippen molar-refractivity contribution in [1.29, 1.82) is 0 Å². The summed E-state index contributed by atoms with van der Waals surface area (Å²) in [6.45, 7) is 2.96. The van der Waals surface area contributed by atoms with Gasteiger partial charge in [0.25, 0.3) is 5.69 Å². The van der Waals surface area contributed by atoms with Crippen LogP contribution in [-0.2, 0) is 0 Å². The lowest BCUT2D eigenvalue weighted by Gasteiger charge is -2.28. The van der Waals surface area contributed by atoms with E-state index >= 15 is 0 Å². The summed E-state index contributed by atoms with van der Waals surface area (Å²) >= 11 is 1.81. The van der Waals surface area contributed by atoms with Crippen molar-refractivity contribution in [2.45, 2.75) is 51.5 Å². The molecular formula is C17H23N3O2S. The lowest BCUT2D eigenvalue weighted by molar-refractivity contribution is -0.384. The van der Waals surface area contributed by atoms with Gasteiger partial charge >= 0.3 is 0 Å². The van der Waals surface area contributed by atoms with E-state index in [0.717, 1.165) is 28.7 Å². The van der Waals surface area contributed by atoms with E-state index in [2.05, 4.69) is 4.90 Å². The third kappa shape index (κ3) is 3.86. The molecule has 124 valence electrons. The van der Waals surface area contributed by atoms with Crippen molar-refractivity contribution >= 4 is 28.3 Å². The van der Waals surface area contributed by atoms with Crippen LogP contribution >= 0.6 is 11.8 Å². The second-order valence-electron chi connectivity index (χ2n) is 6.31. The summed E-state index contributed by atoms with van der Waals surface area (Å²) in [6, 6.07) is 5.53. The van der Waals surface area contributed by atoms with Crippen molar-refractivity contribution < 1.29 is 4.92 Å². The number of nitro groups is 1. The van der Waals surface area contributed by atoms with Crippen LogP contribution in [0.2, 0.25) is 0 Å². The summed E-state index contributed by atoms with van der Waals surface area (Å²) in [5, 5.41) is 11.9. The zero-order valence-electron chi connectivity index (χ0n) is 13.5. The van der Waals surface area contributed by atoms with Gasteiger partial charge in [-0.2, -0.15) is 0 Å². The van der Waals surface area contributed by atoms with E-state index in [1.54, 1.807) is 18.2 Å². The first-order chi connectivity index (χ1) is 11.1. The Morgan fingerprint density at radius 1 is 1.26 bits per heavy atom. The molecule has 3 rings (SSSR count). The number of hydrogen-bond donors (Lipinski definition) is 0. The fraction of sp³-hybridized carbons (Fsp3) is 0.588. The van der Waals surface area contributed by atoms with Gasteiger partial charge in [-0.3, -0.25) is 10.1 Å². The van der Waals surface area contributed by atoms with E-state index in [1.807, 2.05) is 18.7 Å². The molecule has 0 spiro atoms. The number of aliphatic imine (C=N–C) groups is 1. The lowest BCUT2D eigenvalue weighted by Crippen LogP contribution is -2.35. The van der Waals surface area contributed by atoms with Gasteiger partial charge in [-0.05, 0) is 31.4 Å². The van der Waals surface area contributed by atoms with Gasteiger partial charge in [0, 0.05) is 30.5 Å². The number of non-ortho nitro benzene ring substituents is 1. The molecule has 0 bridgehead atoms. The summed E-state index contributed by atoms with van der Waals surface area (Å²) in [5.41, 5.74) is 1.84. The Bertz CT molecular complexity index is 610. The monoisotopic (exact) mass is 333 g/mol. The van der Waals surface area contributed by atoms with Crippen LogP contribution < -0.4 is 0 Å². The van der Waals surface area contributed by atoms with E-state index in [-0.39, 0.29) is 10.6 Å². The second kappa shape index (κ2) is 7.34. The molecule has 0 N–H and O–H groups in total. The highest BCUT2D eigenvalue weighted by Gasteiger charge is 2.27. The number of thioether (sulfide) groups is 1. The van der Waals surface area contributed by atoms with Crippen molar-refractivity contribution in [1.82, 2.24) is 4.90 Å². The Morgan fingerprint density at radius 3 is 2.65 bits per heavy atom. The van der Waals surface area contributed by atoms with Crippen molar-refractivity contribution in [3.05, 3.63) is 33.9 Å². The molecule has 2 fully saturated rings. The van der Waals surface area contributed by atoms with E-state index in [9.17, 15) is 10.1 Å². The third-order valence-corrected chi connectivity index (χ3v) is 5.65. The molecule has 1 saturated carbocycles. The quantitative estimate of drug-likeness (QED) is 0.458. The number of aryl methyl sites for hydroxylation is 1. The largest absolute Gasteiger partial charge is 0.347 e. The third-order valence-electron chi connectivity index (χ3n) is 4.68. The highest BCUT2D eigenvalue weighted by atomic mass is 32.2. The summed E-state index contributed by atoms with van der Waals surface area (Å²) in [7, 11) is 0. The Hall–Kier alpha value is -1.56. The summed E-state index contributed by atoms with van der Waals surface area (Å²) in [6.07, 6.45) is 7.86. The van der Waals surface area contributed by atoms with Gasteiger partial charge in [0.05, 0.1) is 10.6 Å². The predicted molar refractivity (Wildman–Crippen MR) is 95.6 cm³/mol. The topological polar surface area (TPSA) is 58.7 Å². The molecule has 0 amide bonds. The normalized spacial score (nSPS) is 21.6. The first-order valence-electron chi connectivity index (χ1n) is 8.38. The smallest absolute Gasteiger partial charge is 0.269 e. The molecule has 6 heteroatoms. The van der Waals surface area contributed by atoms with Crippen LogP contribution in [0, 0.1) is 17.0 Å². The predicted octanol–water partition coefficient (Wildman–Crippen LogP) is 4.66. The minimum atomic E-state index is -0.355. The molecule has 0 unspecified atom stereocenters. The van der Waals surface area contributed by atoms with Crippen LogP contribution in [0.1, 0.15) is 44.1 Å². The minimum absolute atomic E-state index is 0.131. The van der Waals surface area contributed by atoms with Gasteiger partial charge in [0.1, 0.15) is 0 Å². The summed E-state index contributed by atoms with van der Waals surface area (Å²) < 4.78 is 0. The molecule has 23 heavy (non-hydrogen) atoms. The Balaban J connectivity index is 1.81. The van der Waals surface area contributed by atoms with Gasteiger partial charge in [-0.15, -0.1) is 0 Å². The number of amidine groups is 1. The molecule has 2 aliphatic rings. The Kier molecular flexibility index (Phi) is 5.20. The van der Waals surface area contributed by atoms with Crippen molar-refractivity contribution in [2.24, 2.45) is 4.99 Å². The average Bonchev–Trinajstić information content (AvgIpc) is 2.82. The van der Waals surface area contributed by atoms with Gasteiger partial charge in [0.15, 0.2) is 5.17 Å². The number of hydrogen-bond acceptors (Lipinski definition) is 4. The van der Waals surface area contributed by atoms with E-state index in [0.29, 0.717) is 6.04 Å². The maximum absolute atomic E-state index is 10.9. The fourth-order valence-electron chi connectivity index (χ4n) is 3.40. The second-order valence-corrected chi connectivity index (χ2v) is 7.37. The van der Waals surface area contributed by atoms with Crippen molar-refractivity contribution in [2.75, 3.05) is 12.3 Å². The van der Waals surface area contributed by atoms with Crippen LogP contribution in [0.4, 0.5) is 11.4 Å². The van der Waals surface area contributed by atoms with Gasteiger partial charge < -0.3 is 4.90 Å². The maximum Gasteiger partial charge on any atom is 0.269 e. The Labute approximate surface area is 141 Å². The first kappa shape index (κ1) is 16.3. The molecule has 1 heterocycles. The summed E-state index contributed by atoms with van der Waals surface area (Å²) in [4.78, 5) is 17.8. The molecule has 1 aromatic rings. The highest BCUT2D eigenvalue weighted by molar-refractivity contribution is 8.14. The van der Waals surface area contributed by atoms with Gasteiger partial charge in [-0.25, -0.2) is 4.99 Å². The molecule has 1 aliphatic carbocycles.